The molecule has 1 amide bonds. The number of anilines is 1. The van der Waals surface area contributed by atoms with Gasteiger partial charge in [-0.15, -0.1) is 0 Å². The number of carbonyl (C=O) groups is 2. The predicted octanol–water partition coefficient (Wildman–Crippen LogP) is 3.20. The highest BCUT2D eigenvalue weighted by atomic mass is 35.5. The third kappa shape index (κ3) is 4.81. The summed E-state index contributed by atoms with van der Waals surface area (Å²) in [5, 5.41) is 3.27. The fourth-order valence-corrected chi connectivity index (χ4v) is 2.80. The van der Waals surface area contributed by atoms with Crippen LogP contribution in [0, 0.1) is 0 Å². The van der Waals surface area contributed by atoms with E-state index >= 15 is 0 Å². The number of amides is 1. The Hall–Kier alpha value is -2.37. The zero-order valence-corrected chi connectivity index (χ0v) is 15.0. The van der Waals surface area contributed by atoms with Gasteiger partial charge in [-0.05, 0) is 42.2 Å². The van der Waals surface area contributed by atoms with Crippen LogP contribution in [0.15, 0.2) is 42.5 Å². The molecule has 0 saturated heterocycles. The van der Waals surface area contributed by atoms with Crippen LogP contribution in [0.1, 0.15) is 28.4 Å². The summed E-state index contributed by atoms with van der Waals surface area (Å²) < 4.78 is 4.61. The molecule has 0 aliphatic carbocycles. The highest BCUT2D eigenvalue weighted by Crippen LogP contribution is 2.22. The van der Waals surface area contributed by atoms with Gasteiger partial charge in [-0.2, -0.15) is 0 Å². The molecule has 0 spiro atoms. The van der Waals surface area contributed by atoms with Gasteiger partial charge in [0.25, 0.3) is 5.91 Å². The van der Waals surface area contributed by atoms with Crippen LogP contribution in [0.25, 0.3) is 0 Å². The zero-order chi connectivity index (χ0) is 18.4. The predicted molar refractivity (Wildman–Crippen MR) is 98.9 cm³/mol. The summed E-state index contributed by atoms with van der Waals surface area (Å²) in [6, 6.07) is 11.9. The Morgan fingerprint density at radius 1 is 1.20 bits per heavy atom. The molecule has 0 saturated carbocycles. The second kappa shape index (κ2) is 8.65. The van der Waals surface area contributed by atoms with Crippen molar-refractivity contribution in [1.29, 1.82) is 0 Å². The molecule has 0 radical (unpaired) electrons. The van der Waals surface area contributed by atoms with Gasteiger partial charge in [0.1, 0.15) is 6.04 Å². The van der Waals surface area contributed by atoms with E-state index in [4.69, 9.17) is 17.3 Å². The van der Waals surface area contributed by atoms with E-state index < -0.39 is 12.0 Å². The van der Waals surface area contributed by atoms with Gasteiger partial charge in [0.2, 0.25) is 0 Å². The first-order valence-corrected chi connectivity index (χ1v) is 8.35. The number of methoxy groups -OCH3 is 1. The Morgan fingerprint density at radius 3 is 2.48 bits per heavy atom. The number of ether oxygens (including phenoxy) is 1. The quantitative estimate of drug-likeness (QED) is 0.775. The number of esters is 1. The third-order valence-electron chi connectivity index (χ3n) is 3.88. The number of hydrogen-bond acceptors (Lipinski definition) is 4. The molecule has 6 heteroatoms. The van der Waals surface area contributed by atoms with E-state index in [1.807, 2.05) is 31.2 Å². The lowest BCUT2D eigenvalue weighted by molar-refractivity contribution is -0.142. The van der Waals surface area contributed by atoms with Crippen molar-refractivity contribution in [1.82, 2.24) is 0 Å². The summed E-state index contributed by atoms with van der Waals surface area (Å²) in [5.41, 5.74) is 8.65. The molecule has 5 nitrogen and oxygen atoms in total. The standard InChI is InChI=1S/C19H21ClN2O3/c1-3-13-5-4-6-15(20)17(13)18(23)22-14-9-7-12(8-10-14)11-16(21)19(24)25-2/h4-10,16H,3,11,21H2,1-2H3,(H,22,23)/t16-/m0/s1. The Kier molecular flexibility index (Phi) is 6.56. The number of carbonyl (C=O) groups excluding carboxylic acids is 2. The average Bonchev–Trinajstić information content (AvgIpc) is 2.62. The fourth-order valence-electron chi connectivity index (χ4n) is 2.52. The largest absolute Gasteiger partial charge is 0.468 e. The molecule has 0 aliphatic rings. The van der Waals surface area contributed by atoms with Gasteiger partial charge in [-0.3, -0.25) is 9.59 Å². The minimum Gasteiger partial charge on any atom is -0.468 e. The van der Waals surface area contributed by atoms with Crippen molar-refractivity contribution in [2.75, 3.05) is 12.4 Å². The van der Waals surface area contributed by atoms with Crippen LogP contribution in [-0.4, -0.2) is 25.0 Å². The summed E-state index contributed by atoms with van der Waals surface area (Å²) >= 11 is 6.18. The molecule has 2 aromatic rings. The number of hydrogen-bond donors (Lipinski definition) is 2. The first-order chi connectivity index (χ1) is 12.0. The van der Waals surface area contributed by atoms with Crippen molar-refractivity contribution in [3.8, 4) is 0 Å². The highest BCUT2D eigenvalue weighted by Gasteiger charge is 2.16. The van der Waals surface area contributed by atoms with Crippen LogP contribution in [0.4, 0.5) is 5.69 Å². The topological polar surface area (TPSA) is 81.4 Å². The van der Waals surface area contributed by atoms with E-state index in [2.05, 4.69) is 10.1 Å². The maximum Gasteiger partial charge on any atom is 0.322 e. The number of halogens is 1. The van der Waals surface area contributed by atoms with Gasteiger partial charge in [-0.25, -0.2) is 0 Å². The second-order valence-corrected chi connectivity index (χ2v) is 6.02. The molecule has 2 aromatic carbocycles. The lowest BCUT2D eigenvalue weighted by Gasteiger charge is -2.12. The van der Waals surface area contributed by atoms with Gasteiger partial charge in [0, 0.05) is 5.69 Å². The molecule has 3 N–H and O–H groups in total. The van der Waals surface area contributed by atoms with Crippen LogP contribution in [-0.2, 0) is 22.4 Å². The fraction of sp³-hybridized carbons (Fsp3) is 0.263. The highest BCUT2D eigenvalue weighted by molar-refractivity contribution is 6.34. The number of nitrogens with one attached hydrogen (secondary N) is 1. The van der Waals surface area contributed by atoms with E-state index in [0.717, 1.165) is 11.1 Å². The molecule has 25 heavy (non-hydrogen) atoms. The molecule has 0 unspecified atom stereocenters. The normalized spacial score (nSPS) is 11.7. The monoisotopic (exact) mass is 360 g/mol. The summed E-state index contributed by atoms with van der Waals surface area (Å²) in [5.74, 6) is -0.704. The van der Waals surface area contributed by atoms with E-state index in [0.29, 0.717) is 29.1 Å². The maximum atomic E-state index is 12.5. The van der Waals surface area contributed by atoms with Crippen molar-refractivity contribution in [2.24, 2.45) is 5.73 Å². The molecule has 0 aliphatic heterocycles. The summed E-state index contributed by atoms with van der Waals surface area (Å²) in [7, 11) is 1.31. The van der Waals surface area contributed by atoms with Gasteiger partial charge < -0.3 is 15.8 Å². The zero-order valence-electron chi connectivity index (χ0n) is 14.2. The van der Waals surface area contributed by atoms with Crippen molar-refractivity contribution in [3.05, 3.63) is 64.2 Å². The van der Waals surface area contributed by atoms with Gasteiger partial charge in [0.05, 0.1) is 17.7 Å². The molecule has 0 aromatic heterocycles. The SMILES string of the molecule is CCc1cccc(Cl)c1C(=O)Nc1ccc(C[C@H](N)C(=O)OC)cc1. The van der Waals surface area contributed by atoms with Crippen molar-refractivity contribution in [3.63, 3.8) is 0 Å². The average molecular weight is 361 g/mol. The molecule has 0 heterocycles. The number of aryl methyl sites for hydroxylation is 1. The van der Waals surface area contributed by atoms with Crippen LogP contribution in [0.3, 0.4) is 0 Å². The first kappa shape index (κ1) is 19.0. The maximum absolute atomic E-state index is 12.5. The van der Waals surface area contributed by atoms with E-state index in [1.54, 1.807) is 18.2 Å². The lowest BCUT2D eigenvalue weighted by Crippen LogP contribution is -2.33. The van der Waals surface area contributed by atoms with E-state index in [9.17, 15) is 9.59 Å². The number of nitrogens with two attached hydrogens (primary N) is 1. The van der Waals surface area contributed by atoms with Gasteiger partial charge in [-0.1, -0.05) is 42.8 Å². The Morgan fingerprint density at radius 2 is 1.88 bits per heavy atom. The van der Waals surface area contributed by atoms with Crippen LogP contribution in [0.2, 0.25) is 5.02 Å². The van der Waals surface area contributed by atoms with Crippen molar-refractivity contribution < 1.29 is 14.3 Å². The van der Waals surface area contributed by atoms with Crippen LogP contribution in [0.5, 0.6) is 0 Å². The summed E-state index contributed by atoms with van der Waals surface area (Å²) in [4.78, 5) is 23.9. The molecular weight excluding hydrogens is 340 g/mol. The summed E-state index contributed by atoms with van der Waals surface area (Å²) in [6.07, 6.45) is 1.08. The third-order valence-corrected chi connectivity index (χ3v) is 4.19. The minimum absolute atomic E-state index is 0.249. The number of benzene rings is 2. The van der Waals surface area contributed by atoms with E-state index in [1.165, 1.54) is 7.11 Å². The van der Waals surface area contributed by atoms with E-state index in [-0.39, 0.29) is 5.91 Å². The van der Waals surface area contributed by atoms with Crippen LogP contribution >= 0.6 is 11.6 Å². The lowest BCUT2D eigenvalue weighted by atomic mass is 10.0. The Bertz CT molecular complexity index is 760. The molecule has 0 bridgehead atoms. The van der Waals surface area contributed by atoms with Crippen molar-refractivity contribution in [2.45, 2.75) is 25.8 Å². The molecule has 0 fully saturated rings. The van der Waals surface area contributed by atoms with Crippen LogP contribution < -0.4 is 11.1 Å². The Balaban J connectivity index is 2.09. The number of rotatable bonds is 6. The van der Waals surface area contributed by atoms with Crippen molar-refractivity contribution >= 4 is 29.2 Å². The Labute approximate surface area is 152 Å². The smallest absolute Gasteiger partial charge is 0.322 e. The molecule has 2 rings (SSSR count). The molecular formula is C19H21ClN2O3. The second-order valence-electron chi connectivity index (χ2n) is 5.61. The van der Waals surface area contributed by atoms with Gasteiger partial charge >= 0.3 is 5.97 Å². The molecule has 132 valence electrons. The summed E-state index contributed by atoms with van der Waals surface area (Å²) in [6.45, 7) is 1.97. The minimum atomic E-state index is -0.708. The molecule has 1 atom stereocenters. The van der Waals surface area contributed by atoms with Gasteiger partial charge in [0.15, 0.2) is 0 Å². The first-order valence-electron chi connectivity index (χ1n) is 7.97.